The number of benzene rings is 2. The second kappa shape index (κ2) is 7.37. The largest absolute Gasteiger partial charge is 0.322 e. The number of anilines is 1. The third-order valence-electron chi connectivity index (χ3n) is 2.57. The maximum absolute atomic E-state index is 12.2. The molecule has 2 rings (SSSR count). The van der Waals surface area contributed by atoms with Gasteiger partial charge in [-0.05, 0) is 36.4 Å². The van der Waals surface area contributed by atoms with Crippen molar-refractivity contribution in [2.75, 3.05) is 11.1 Å². The fourth-order valence-electron chi connectivity index (χ4n) is 1.65. The van der Waals surface area contributed by atoms with Crippen LogP contribution in [0.2, 0.25) is 10.0 Å². The summed E-state index contributed by atoms with van der Waals surface area (Å²) < 4.78 is 0. The van der Waals surface area contributed by atoms with Crippen LogP contribution >= 0.6 is 35.0 Å². The van der Waals surface area contributed by atoms with Crippen LogP contribution in [0.25, 0.3) is 0 Å². The molecule has 106 valence electrons. The maximum Gasteiger partial charge on any atom is 0.257 e. The Kier molecular flexibility index (Phi) is 5.51. The van der Waals surface area contributed by atoms with Crippen LogP contribution < -0.4 is 5.32 Å². The molecular weight excluding hydrogens is 327 g/mol. The molecule has 0 bridgehead atoms. The van der Waals surface area contributed by atoms with E-state index >= 15 is 0 Å². The number of thioether (sulfide) groups is 1. The lowest BCUT2D eigenvalue weighted by atomic mass is 10.2. The van der Waals surface area contributed by atoms with E-state index in [0.29, 0.717) is 27.0 Å². The summed E-state index contributed by atoms with van der Waals surface area (Å²) in [5.41, 5.74) is 1.00. The van der Waals surface area contributed by atoms with Gasteiger partial charge < -0.3 is 5.32 Å². The van der Waals surface area contributed by atoms with E-state index in [1.54, 1.807) is 18.2 Å². The quantitative estimate of drug-likeness (QED) is 0.811. The van der Waals surface area contributed by atoms with Crippen molar-refractivity contribution in [3.8, 4) is 6.07 Å². The Hall–Kier alpha value is -1.67. The zero-order valence-corrected chi connectivity index (χ0v) is 13.1. The molecule has 21 heavy (non-hydrogen) atoms. The summed E-state index contributed by atoms with van der Waals surface area (Å²) in [5.74, 6) is 0.0551. The highest BCUT2D eigenvalue weighted by atomic mass is 35.5. The maximum atomic E-state index is 12.2. The minimum Gasteiger partial charge on any atom is -0.322 e. The summed E-state index contributed by atoms with van der Waals surface area (Å²) >= 11 is 13.2. The third-order valence-corrected chi connectivity index (χ3v) is 3.98. The molecule has 0 heterocycles. The average molecular weight is 337 g/mol. The molecular formula is C15H10Cl2N2OS. The van der Waals surface area contributed by atoms with E-state index in [2.05, 4.69) is 11.4 Å². The number of hydrogen-bond acceptors (Lipinski definition) is 3. The Morgan fingerprint density at radius 1 is 1.24 bits per heavy atom. The van der Waals surface area contributed by atoms with Gasteiger partial charge >= 0.3 is 0 Å². The van der Waals surface area contributed by atoms with Crippen molar-refractivity contribution < 1.29 is 4.79 Å². The molecule has 2 aromatic rings. The van der Waals surface area contributed by atoms with Crippen LogP contribution in [0, 0.1) is 11.3 Å². The predicted octanol–water partition coefficient (Wildman–Crippen LogP) is 4.86. The third kappa shape index (κ3) is 4.40. The standard InChI is InChI=1S/C15H10Cl2N2OS/c16-10-4-5-13(14(17)8-10)15(20)19-11-2-1-3-12(9-11)21-7-6-18/h1-5,8-9H,7H2,(H,19,20). The van der Waals surface area contributed by atoms with Gasteiger partial charge in [0.05, 0.1) is 22.4 Å². The second-order valence-electron chi connectivity index (χ2n) is 4.05. The Morgan fingerprint density at radius 3 is 2.76 bits per heavy atom. The number of rotatable bonds is 4. The van der Waals surface area contributed by atoms with Gasteiger partial charge in [0, 0.05) is 15.6 Å². The van der Waals surface area contributed by atoms with Crippen LogP contribution in [-0.2, 0) is 0 Å². The van der Waals surface area contributed by atoms with Crippen LogP contribution in [0.3, 0.4) is 0 Å². The van der Waals surface area contributed by atoms with E-state index in [4.69, 9.17) is 28.5 Å². The fourth-order valence-corrected chi connectivity index (χ4v) is 2.76. The van der Waals surface area contributed by atoms with Gasteiger partial charge in [-0.25, -0.2) is 0 Å². The molecule has 0 saturated heterocycles. The van der Waals surface area contributed by atoms with Crippen molar-refractivity contribution >= 4 is 46.6 Å². The first kappa shape index (κ1) is 15.7. The van der Waals surface area contributed by atoms with Crippen LogP contribution in [-0.4, -0.2) is 11.7 Å². The molecule has 1 N–H and O–H groups in total. The number of hydrogen-bond donors (Lipinski definition) is 1. The highest BCUT2D eigenvalue weighted by Gasteiger charge is 2.11. The number of carbonyl (C=O) groups excluding carboxylic acids is 1. The van der Waals surface area contributed by atoms with E-state index in [0.717, 1.165) is 4.90 Å². The molecule has 1 amide bonds. The fraction of sp³-hybridized carbons (Fsp3) is 0.0667. The number of nitrogens with one attached hydrogen (secondary N) is 1. The van der Waals surface area contributed by atoms with E-state index in [1.165, 1.54) is 17.8 Å². The number of halogens is 2. The molecule has 0 saturated carbocycles. The van der Waals surface area contributed by atoms with E-state index in [9.17, 15) is 4.79 Å². The Morgan fingerprint density at radius 2 is 2.05 bits per heavy atom. The summed E-state index contributed by atoms with van der Waals surface area (Å²) in [6, 6.07) is 14.1. The van der Waals surface area contributed by atoms with Gasteiger partial charge in [0.15, 0.2) is 0 Å². The van der Waals surface area contributed by atoms with Gasteiger partial charge in [0.25, 0.3) is 5.91 Å². The van der Waals surface area contributed by atoms with Gasteiger partial charge in [-0.15, -0.1) is 11.8 Å². The van der Waals surface area contributed by atoms with Gasteiger partial charge in [-0.2, -0.15) is 5.26 Å². The minimum absolute atomic E-state index is 0.301. The highest BCUT2D eigenvalue weighted by molar-refractivity contribution is 7.99. The lowest BCUT2D eigenvalue weighted by Crippen LogP contribution is -2.12. The molecule has 6 heteroatoms. The van der Waals surface area contributed by atoms with E-state index in [1.807, 2.05) is 18.2 Å². The van der Waals surface area contributed by atoms with Crippen molar-refractivity contribution in [3.63, 3.8) is 0 Å². The number of nitrogens with zero attached hydrogens (tertiary/aromatic N) is 1. The van der Waals surface area contributed by atoms with Crippen LogP contribution in [0.1, 0.15) is 10.4 Å². The molecule has 0 unspecified atom stereocenters. The Labute approximate surface area is 136 Å². The van der Waals surface area contributed by atoms with Crippen LogP contribution in [0.15, 0.2) is 47.4 Å². The normalized spacial score (nSPS) is 9.95. The summed E-state index contributed by atoms with van der Waals surface area (Å²) in [6.07, 6.45) is 0. The number of nitriles is 1. The Bertz CT molecular complexity index is 713. The molecule has 0 aromatic heterocycles. The van der Waals surface area contributed by atoms with Crippen molar-refractivity contribution in [3.05, 3.63) is 58.1 Å². The van der Waals surface area contributed by atoms with Gasteiger partial charge in [-0.1, -0.05) is 29.3 Å². The van der Waals surface area contributed by atoms with Crippen molar-refractivity contribution in [1.29, 1.82) is 5.26 Å². The summed E-state index contributed by atoms with van der Waals surface area (Å²) in [4.78, 5) is 13.1. The predicted molar refractivity (Wildman–Crippen MR) is 87.2 cm³/mol. The highest BCUT2D eigenvalue weighted by Crippen LogP contribution is 2.24. The molecule has 0 fully saturated rings. The smallest absolute Gasteiger partial charge is 0.257 e. The molecule has 0 aliphatic rings. The molecule has 0 aliphatic heterocycles. The molecule has 0 aliphatic carbocycles. The van der Waals surface area contributed by atoms with Crippen molar-refractivity contribution in [2.45, 2.75) is 4.90 Å². The van der Waals surface area contributed by atoms with E-state index < -0.39 is 0 Å². The first-order valence-corrected chi connectivity index (χ1v) is 7.70. The summed E-state index contributed by atoms with van der Waals surface area (Å²) in [5, 5.41) is 12.1. The van der Waals surface area contributed by atoms with Crippen LogP contribution in [0.5, 0.6) is 0 Å². The lowest BCUT2D eigenvalue weighted by Gasteiger charge is -2.08. The molecule has 0 radical (unpaired) electrons. The Balaban J connectivity index is 2.14. The second-order valence-corrected chi connectivity index (χ2v) is 5.95. The van der Waals surface area contributed by atoms with Crippen molar-refractivity contribution in [2.24, 2.45) is 0 Å². The molecule has 0 spiro atoms. The average Bonchev–Trinajstić information content (AvgIpc) is 2.45. The molecule has 3 nitrogen and oxygen atoms in total. The topological polar surface area (TPSA) is 52.9 Å². The monoisotopic (exact) mass is 336 g/mol. The first-order chi connectivity index (χ1) is 10.1. The number of carbonyl (C=O) groups is 1. The molecule has 0 atom stereocenters. The molecule has 2 aromatic carbocycles. The van der Waals surface area contributed by atoms with Crippen LogP contribution in [0.4, 0.5) is 5.69 Å². The van der Waals surface area contributed by atoms with Gasteiger partial charge in [0.2, 0.25) is 0 Å². The zero-order chi connectivity index (χ0) is 15.2. The first-order valence-electron chi connectivity index (χ1n) is 5.96. The summed E-state index contributed by atoms with van der Waals surface area (Å²) in [6.45, 7) is 0. The lowest BCUT2D eigenvalue weighted by molar-refractivity contribution is 0.102. The van der Waals surface area contributed by atoms with Gasteiger partial charge in [-0.3, -0.25) is 4.79 Å². The van der Waals surface area contributed by atoms with Crippen molar-refractivity contribution in [1.82, 2.24) is 0 Å². The zero-order valence-electron chi connectivity index (χ0n) is 10.8. The minimum atomic E-state index is -0.306. The van der Waals surface area contributed by atoms with Gasteiger partial charge in [0.1, 0.15) is 0 Å². The van der Waals surface area contributed by atoms with E-state index in [-0.39, 0.29) is 5.91 Å². The SMILES string of the molecule is N#CCSc1cccc(NC(=O)c2ccc(Cl)cc2Cl)c1. The summed E-state index contributed by atoms with van der Waals surface area (Å²) in [7, 11) is 0. The number of amides is 1.